The second-order valence-corrected chi connectivity index (χ2v) is 9.42. The minimum Gasteiger partial charge on any atom is -0.462 e. The van der Waals surface area contributed by atoms with Crippen LogP contribution in [0.4, 0.5) is 0 Å². The van der Waals surface area contributed by atoms with Crippen LogP contribution in [-0.2, 0) is 17.6 Å². The van der Waals surface area contributed by atoms with Crippen LogP contribution in [0.5, 0.6) is 0 Å². The Hall–Kier alpha value is -2.53. The molecule has 2 rings (SSSR count). The van der Waals surface area contributed by atoms with Crippen LogP contribution >= 0.6 is 0 Å². The summed E-state index contributed by atoms with van der Waals surface area (Å²) in [6, 6.07) is 12.6. The molecule has 2 heteroatoms. The van der Waals surface area contributed by atoms with Crippen LogP contribution in [0, 0.1) is 11.8 Å². The Bertz CT molecular complexity index is 947. The molecule has 0 fully saturated rings. The quantitative estimate of drug-likeness (QED) is 0.146. The number of esters is 1. The van der Waals surface area contributed by atoms with Crippen LogP contribution in [0.3, 0.4) is 0 Å². The predicted molar refractivity (Wildman–Crippen MR) is 150 cm³/mol. The third-order valence-electron chi connectivity index (χ3n) is 6.53. The molecule has 2 aromatic carbocycles. The molecule has 0 bridgehead atoms. The highest BCUT2D eigenvalue weighted by atomic mass is 16.5. The van der Waals surface area contributed by atoms with Gasteiger partial charge >= 0.3 is 5.97 Å². The van der Waals surface area contributed by atoms with Crippen molar-refractivity contribution in [2.45, 2.75) is 111 Å². The van der Waals surface area contributed by atoms with E-state index >= 15 is 0 Å². The Labute approximate surface area is 214 Å². The molecule has 0 N–H and O–H groups in total. The van der Waals surface area contributed by atoms with Gasteiger partial charge in [0, 0.05) is 12.0 Å². The molecule has 35 heavy (non-hydrogen) atoms. The lowest BCUT2D eigenvalue weighted by molar-refractivity contribution is 0.0526. The highest BCUT2D eigenvalue weighted by Crippen LogP contribution is 2.34. The van der Waals surface area contributed by atoms with E-state index in [0.29, 0.717) is 6.61 Å². The minimum atomic E-state index is -0.222. The zero-order valence-corrected chi connectivity index (χ0v) is 22.7. The number of aryl methyl sites for hydroxylation is 1. The van der Waals surface area contributed by atoms with Crippen molar-refractivity contribution in [1.82, 2.24) is 0 Å². The Kier molecular flexibility index (Phi) is 13.9. The summed E-state index contributed by atoms with van der Waals surface area (Å²) in [4.78, 5) is 13.4. The second kappa shape index (κ2) is 17.0. The first-order valence-electron chi connectivity index (χ1n) is 14.1. The molecular weight excluding hydrogens is 428 g/mol. The number of ether oxygens (including phenoxy) is 1. The normalized spacial score (nSPS) is 10.6. The van der Waals surface area contributed by atoms with Gasteiger partial charge in [-0.1, -0.05) is 108 Å². The van der Waals surface area contributed by atoms with Gasteiger partial charge in [0.25, 0.3) is 0 Å². The molecule has 0 aliphatic rings. The van der Waals surface area contributed by atoms with Gasteiger partial charge in [0.05, 0.1) is 12.2 Å². The van der Waals surface area contributed by atoms with Crippen LogP contribution in [0.2, 0.25) is 0 Å². The van der Waals surface area contributed by atoms with E-state index in [4.69, 9.17) is 4.74 Å². The topological polar surface area (TPSA) is 26.3 Å². The third-order valence-corrected chi connectivity index (χ3v) is 6.53. The molecule has 0 saturated carbocycles. The highest BCUT2D eigenvalue weighted by Gasteiger charge is 2.23. The van der Waals surface area contributed by atoms with E-state index in [0.717, 1.165) is 79.2 Å². The number of hydrogen-bond donors (Lipinski definition) is 0. The lowest BCUT2D eigenvalue weighted by Crippen LogP contribution is -2.14. The lowest BCUT2D eigenvalue weighted by Gasteiger charge is -2.20. The van der Waals surface area contributed by atoms with Gasteiger partial charge in [-0.3, -0.25) is 0 Å². The van der Waals surface area contributed by atoms with Gasteiger partial charge in [-0.2, -0.15) is 0 Å². The Morgan fingerprint density at radius 2 is 1.49 bits per heavy atom. The van der Waals surface area contributed by atoms with E-state index in [9.17, 15) is 4.79 Å². The summed E-state index contributed by atoms with van der Waals surface area (Å²) in [5.74, 6) is 6.76. The van der Waals surface area contributed by atoms with Crippen molar-refractivity contribution in [2.24, 2.45) is 0 Å². The van der Waals surface area contributed by atoms with Crippen molar-refractivity contribution < 1.29 is 9.53 Å². The number of carbonyl (C=O) groups is 1. The van der Waals surface area contributed by atoms with Crippen LogP contribution in [0.25, 0.3) is 11.1 Å². The zero-order valence-electron chi connectivity index (χ0n) is 22.7. The van der Waals surface area contributed by atoms with Crippen molar-refractivity contribution in [3.05, 3.63) is 58.7 Å². The highest BCUT2D eigenvalue weighted by molar-refractivity contribution is 6.00. The van der Waals surface area contributed by atoms with Crippen molar-refractivity contribution in [2.75, 3.05) is 6.61 Å². The van der Waals surface area contributed by atoms with Gasteiger partial charge < -0.3 is 4.74 Å². The third kappa shape index (κ3) is 9.21. The smallest absolute Gasteiger partial charge is 0.339 e. The SMILES string of the molecule is CCCCC#Cc1c(CCCCCCCC)cc(-c2ccccc2)c(C(=O)OCC)c1CCCC. The molecule has 0 amide bonds. The Morgan fingerprint density at radius 3 is 2.17 bits per heavy atom. The standard InChI is InChI=1S/C33H46O2/c1-5-9-12-14-15-17-23-28-26-31(27-21-18-16-19-22-27)32(33(34)35-8-4)30(24-11-7-3)29(28)25-20-13-10-6-2/h16,18-19,21-22,26H,5-15,17,23-24H2,1-4H3. The molecule has 0 unspecified atom stereocenters. The summed E-state index contributed by atoms with van der Waals surface area (Å²) in [5, 5.41) is 0. The fourth-order valence-electron chi connectivity index (χ4n) is 4.55. The van der Waals surface area contributed by atoms with Gasteiger partial charge in [0.2, 0.25) is 0 Å². The summed E-state index contributed by atoms with van der Waals surface area (Å²) in [6.45, 7) is 8.92. The van der Waals surface area contributed by atoms with Crippen molar-refractivity contribution in [1.29, 1.82) is 0 Å². The maximum absolute atomic E-state index is 13.4. The maximum Gasteiger partial charge on any atom is 0.339 e. The van der Waals surface area contributed by atoms with Gasteiger partial charge in [-0.25, -0.2) is 4.79 Å². The average Bonchev–Trinajstić information content (AvgIpc) is 2.88. The second-order valence-electron chi connectivity index (χ2n) is 9.42. The monoisotopic (exact) mass is 474 g/mol. The molecule has 190 valence electrons. The lowest BCUT2D eigenvalue weighted by atomic mass is 9.84. The van der Waals surface area contributed by atoms with E-state index < -0.39 is 0 Å². The summed E-state index contributed by atoms with van der Waals surface area (Å²) in [7, 11) is 0. The van der Waals surface area contributed by atoms with Crippen LogP contribution in [0.15, 0.2) is 36.4 Å². The van der Waals surface area contributed by atoms with E-state index in [1.54, 1.807) is 0 Å². The first kappa shape index (κ1) is 28.7. The summed E-state index contributed by atoms with van der Waals surface area (Å²) in [5.41, 5.74) is 6.26. The maximum atomic E-state index is 13.4. The van der Waals surface area contributed by atoms with Gasteiger partial charge in [0.15, 0.2) is 0 Å². The number of unbranched alkanes of at least 4 members (excludes halogenated alkanes) is 8. The molecule has 0 radical (unpaired) electrons. The molecule has 2 nitrogen and oxygen atoms in total. The van der Waals surface area contributed by atoms with Crippen LogP contribution in [-0.4, -0.2) is 12.6 Å². The summed E-state index contributed by atoms with van der Waals surface area (Å²) in [6.07, 6.45) is 14.7. The van der Waals surface area contributed by atoms with E-state index in [2.05, 4.69) is 50.8 Å². The summed E-state index contributed by atoms with van der Waals surface area (Å²) < 4.78 is 5.60. The molecule has 0 aromatic heterocycles. The number of benzene rings is 2. The molecule has 0 aliphatic carbocycles. The fourth-order valence-corrected chi connectivity index (χ4v) is 4.55. The summed E-state index contributed by atoms with van der Waals surface area (Å²) >= 11 is 0. The fraction of sp³-hybridized carbons (Fsp3) is 0.545. The number of carbonyl (C=O) groups excluding carboxylic acids is 1. The molecule has 0 atom stereocenters. The predicted octanol–water partition coefficient (Wildman–Crippen LogP) is 9.32. The zero-order chi connectivity index (χ0) is 25.3. The van der Waals surface area contributed by atoms with Crippen LogP contribution in [0.1, 0.15) is 125 Å². The number of hydrogen-bond acceptors (Lipinski definition) is 2. The first-order chi connectivity index (χ1) is 17.2. The van der Waals surface area contributed by atoms with E-state index in [1.165, 1.54) is 37.7 Å². The van der Waals surface area contributed by atoms with Gasteiger partial charge in [-0.15, -0.1) is 0 Å². The minimum absolute atomic E-state index is 0.222. The molecule has 0 aliphatic heterocycles. The molecular formula is C33H46O2. The molecule has 0 saturated heterocycles. The van der Waals surface area contributed by atoms with Gasteiger partial charge in [0.1, 0.15) is 0 Å². The average molecular weight is 475 g/mol. The van der Waals surface area contributed by atoms with Crippen molar-refractivity contribution in [3.8, 4) is 23.0 Å². The van der Waals surface area contributed by atoms with Crippen molar-refractivity contribution in [3.63, 3.8) is 0 Å². The molecule has 0 heterocycles. The first-order valence-corrected chi connectivity index (χ1v) is 14.1. The molecule has 2 aromatic rings. The Morgan fingerprint density at radius 1 is 0.800 bits per heavy atom. The molecule has 0 spiro atoms. The largest absolute Gasteiger partial charge is 0.462 e. The van der Waals surface area contributed by atoms with Crippen LogP contribution < -0.4 is 0 Å². The van der Waals surface area contributed by atoms with Crippen molar-refractivity contribution >= 4 is 5.97 Å². The van der Waals surface area contributed by atoms with E-state index in [-0.39, 0.29) is 5.97 Å². The Balaban J connectivity index is 2.63. The van der Waals surface area contributed by atoms with Gasteiger partial charge in [-0.05, 0) is 67.3 Å². The van der Waals surface area contributed by atoms with E-state index in [1.807, 2.05) is 25.1 Å². The number of rotatable bonds is 15.